The third kappa shape index (κ3) is 7.12. The van der Waals surface area contributed by atoms with Gasteiger partial charge in [-0.15, -0.1) is 5.10 Å². The van der Waals surface area contributed by atoms with Crippen molar-refractivity contribution in [1.29, 1.82) is 0 Å². The largest absolute Gasteiger partial charge is 0.487 e. The molecule has 2 aliphatic heterocycles. The first-order valence-electron chi connectivity index (χ1n) is 16.9. The quantitative estimate of drug-likeness (QED) is 0.172. The molecular formula is C34H39ClN10O4. The third-order valence-corrected chi connectivity index (χ3v) is 9.99. The highest BCUT2D eigenvalue weighted by molar-refractivity contribution is 6.32. The first-order chi connectivity index (χ1) is 24.1. The van der Waals surface area contributed by atoms with E-state index < -0.39 is 0 Å². The van der Waals surface area contributed by atoms with Crippen LogP contribution in [0, 0.1) is 0 Å². The van der Waals surface area contributed by atoms with Crippen LogP contribution in [0.1, 0.15) is 57.4 Å². The number of nitrogens with one attached hydrogen (secondary N) is 1. The monoisotopic (exact) mass is 686 g/mol. The van der Waals surface area contributed by atoms with Crippen LogP contribution in [-0.4, -0.2) is 81.8 Å². The maximum Gasteiger partial charge on any atom is 0.257 e. The van der Waals surface area contributed by atoms with Gasteiger partial charge in [-0.05, 0) is 63.1 Å². The number of benzene rings is 1. The van der Waals surface area contributed by atoms with Crippen LogP contribution >= 0.6 is 11.6 Å². The van der Waals surface area contributed by atoms with E-state index in [1.807, 2.05) is 36.0 Å². The number of nitrogens with zero attached hydrogens (tertiary/aromatic N) is 9. The summed E-state index contributed by atoms with van der Waals surface area (Å²) in [4.78, 5) is 20.2. The minimum absolute atomic E-state index is 0.156. The molecular weight excluding hydrogens is 648 g/mol. The highest BCUT2D eigenvalue weighted by Gasteiger charge is 2.42. The van der Waals surface area contributed by atoms with Gasteiger partial charge in [0, 0.05) is 36.1 Å². The molecule has 6 heterocycles. The summed E-state index contributed by atoms with van der Waals surface area (Å²) >= 11 is 6.48. The van der Waals surface area contributed by atoms with Crippen molar-refractivity contribution in [2.75, 3.05) is 18.5 Å². The number of oxazole rings is 1. The van der Waals surface area contributed by atoms with Gasteiger partial charge in [-0.25, -0.2) is 24.6 Å². The molecule has 3 atom stereocenters. The van der Waals surface area contributed by atoms with Gasteiger partial charge in [0.2, 0.25) is 11.8 Å². The maximum absolute atomic E-state index is 6.48. The SMILES string of the molecule is C[C@@H](Cn1cncn1)Oc1cc(-c2cnc(Nc3cn(C4CCC(N5[C@@H]6CC[C@H]5COC6)CC4)nc3OCc3ncco3)nc2)ccc1Cl. The summed E-state index contributed by atoms with van der Waals surface area (Å²) in [6, 6.07) is 7.67. The normalized spacial score (nSPS) is 23.0. The van der Waals surface area contributed by atoms with E-state index in [4.69, 9.17) is 35.3 Å². The molecule has 1 aliphatic carbocycles. The molecule has 0 spiro atoms. The lowest BCUT2D eigenvalue weighted by molar-refractivity contribution is -0.0458. The van der Waals surface area contributed by atoms with Crippen LogP contribution in [0.3, 0.4) is 0 Å². The summed E-state index contributed by atoms with van der Waals surface area (Å²) in [5, 5.41) is 12.9. The average molecular weight is 687 g/mol. The lowest BCUT2D eigenvalue weighted by Crippen LogP contribution is -2.52. The molecule has 1 N–H and O–H groups in total. The van der Waals surface area contributed by atoms with Crippen LogP contribution in [0.5, 0.6) is 11.6 Å². The fourth-order valence-corrected chi connectivity index (χ4v) is 7.53. The number of fused-ring (bicyclic) bond motifs is 2. The maximum atomic E-state index is 6.48. The van der Waals surface area contributed by atoms with E-state index in [2.05, 4.69) is 35.3 Å². The number of rotatable bonds is 12. The van der Waals surface area contributed by atoms with E-state index in [0.29, 0.717) is 58.8 Å². The number of ether oxygens (including phenoxy) is 3. The van der Waals surface area contributed by atoms with Gasteiger partial charge in [-0.1, -0.05) is 17.7 Å². The smallest absolute Gasteiger partial charge is 0.257 e. The second kappa shape index (κ2) is 14.1. The lowest BCUT2D eigenvalue weighted by Gasteiger charge is -2.43. The van der Waals surface area contributed by atoms with E-state index >= 15 is 0 Å². The minimum Gasteiger partial charge on any atom is -0.487 e. The minimum atomic E-state index is -0.173. The van der Waals surface area contributed by atoms with Crippen molar-refractivity contribution >= 4 is 23.2 Å². The fraction of sp³-hybridized carbons (Fsp3) is 0.471. The second-order valence-electron chi connectivity index (χ2n) is 13.0. The van der Waals surface area contributed by atoms with Crippen LogP contribution < -0.4 is 14.8 Å². The van der Waals surface area contributed by atoms with Crippen LogP contribution in [0.2, 0.25) is 5.02 Å². The molecule has 8 rings (SSSR count). The van der Waals surface area contributed by atoms with Crippen molar-refractivity contribution in [2.24, 2.45) is 0 Å². The Morgan fingerprint density at radius 3 is 2.49 bits per heavy atom. The topological polar surface area (TPSA) is 143 Å². The van der Waals surface area contributed by atoms with Crippen LogP contribution in [0.25, 0.3) is 11.1 Å². The van der Waals surface area contributed by atoms with Gasteiger partial charge in [-0.2, -0.15) is 5.10 Å². The van der Waals surface area contributed by atoms with Gasteiger partial charge in [0.1, 0.15) is 36.5 Å². The molecule has 256 valence electrons. The summed E-state index contributed by atoms with van der Waals surface area (Å²) in [5.41, 5.74) is 2.37. The molecule has 14 nitrogen and oxygen atoms in total. The van der Waals surface area contributed by atoms with E-state index in [1.54, 1.807) is 29.6 Å². The van der Waals surface area contributed by atoms with Gasteiger partial charge in [0.25, 0.3) is 5.88 Å². The number of anilines is 2. The van der Waals surface area contributed by atoms with Crippen LogP contribution in [-0.2, 0) is 17.9 Å². The molecule has 1 aromatic carbocycles. The Morgan fingerprint density at radius 1 is 0.980 bits per heavy atom. The van der Waals surface area contributed by atoms with Crippen molar-refractivity contribution in [3.63, 3.8) is 0 Å². The number of hydrogen-bond donors (Lipinski definition) is 1. The summed E-state index contributed by atoms with van der Waals surface area (Å²) < 4.78 is 27.2. The van der Waals surface area contributed by atoms with Gasteiger partial charge < -0.3 is 23.9 Å². The van der Waals surface area contributed by atoms with E-state index in [0.717, 1.165) is 50.0 Å². The summed E-state index contributed by atoms with van der Waals surface area (Å²) in [5.74, 6) is 1.91. The highest BCUT2D eigenvalue weighted by Crippen LogP contribution is 2.40. The number of hydrogen-bond acceptors (Lipinski definition) is 12. The Kier molecular flexibility index (Phi) is 9.15. The third-order valence-electron chi connectivity index (χ3n) is 9.67. The summed E-state index contributed by atoms with van der Waals surface area (Å²) in [6.07, 6.45) is 18.5. The molecule has 5 aromatic rings. The van der Waals surface area contributed by atoms with Crippen molar-refractivity contribution < 1.29 is 18.6 Å². The number of morpholine rings is 1. The molecule has 0 amide bonds. The van der Waals surface area contributed by atoms with Crippen molar-refractivity contribution in [2.45, 2.75) is 88.9 Å². The predicted octanol–water partition coefficient (Wildman–Crippen LogP) is 5.71. The zero-order chi connectivity index (χ0) is 33.2. The average Bonchev–Trinajstić information content (AvgIpc) is 3.94. The van der Waals surface area contributed by atoms with Crippen molar-refractivity contribution in [3.05, 3.63) is 72.8 Å². The first-order valence-corrected chi connectivity index (χ1v) is 17.3. The standard InChI is InChI=1S/C34H39ClN10O4/c1-22(15-43-21-36-20-40-43)49-31-12-23(2-9-29(31)35)24-13-38-34(39-14-24)41-30-16-44(42-33(30)48-19-32-37-10-11-47-32)25-3-5-26(6-4-25)45-27-7-8-28(45)18-46-17-27/h2,9-14,16,20-22,25-28H,3-8,15,17-19H2,1H3,(H,38,39,41)/t22-,25?,26?,27-,28+/m0/s1. The van der Waals surface area contributed by atoms with Crippen molar-refractivity contribution in [1.82, 2.24) is 44.4 Å². The van der Waals surface area contributed by atoms with Crippen molar-refractivity contribution in [3.8, 4) is 22.8 Å². The van der Waals surface area contributed by atoms with Gasteiger partial charge in [0.15, 0.2) is 6.61 Å². The Balaban J connectivity index is 0.952. The molecule has 0 unspecified atom stereocenters. The van der Waals surface area contributed by atoms with Gasteiger partial charge in [-0.3, -0.25) is 9.58 Å². The predicted molar refractivity (Wildman–Crippen MR) is 180 cm³/mol. The number of aromatic nitrogens is 8. The molecule has 15 heteroatoms. The Hall–Kier alpha value is -4.53. The first kappa shape index (κ1) is 31.7. The van der Waals surface area contributed by atoms with E-state index in [9.17, 15) is 0 Å². The molecule has 3 aliphatic rings. The zero-order valence-electron chi connectivity index (χ0n) is 27.3. The Morgan fingerprint density at radius 2 is 1.76 bits per heavy atom. The molecule has 49 heavy (non-hydrogen) atoms. The highest BCUT2D eigenvalue weighted by atomic mass is 35.5. The molecule has 3 fully saturated rings. The molecule has 2 bridgehead atoms. The second-order valence-corrected chi connectivity index (χ2v) is 13.4. The fourth-order valence-electron chi connectivity index (χ4n) is 7.37. The Bertz CT molecular complexity index is 1790. The molecule has 1 saturated carbocycles. The lowest BCUT2D eigenvalue weighted by atomic mass is 9.89. The van der Waals surface area contributed by atoms with Crippen LogP contribution in [0.4, 0.5) is 11.6 Å². The van der Waals surface area contributed by atoms with Gasteiger partial charge in [0.05, 0.1) is 43.2 Å². The zero-order valence-corrected chi connectivity index (χ0v) is 28.0. The summed E-state index contributed by atoms with van der Waals surface area (Å²) in [7, 11) is 0. The van der Waals surface area contributed by atoms with E-state index in [-0.39, 0.29) is 18.8 Å². The molecule has 2 saturated heterocycles. The van der Waals surface area contributed by atoms with Gasteiger partial charge >= 0.3 is 0 Å². The molecule has 4 aromatic heterocycles. The van der Waals surface area contributed by atoms with Crippen LogP contribution in [0.15, 0.2) is 66.3 Å². The molecule has 0 radical (unpaired) electrons. The van der Waals surface area contributed by atoms with E-state index in [1.165, 1.54) is 25.4 Å². The Labute approximate surface area is 288 Å². The number of halogens is 1. The summed E-state index contributed by atoms with van der Waals surface area (Å²) in [6.45, 7) is 4.40.